The Labute approximate surface area is 128 Å². The monoisotopic (exact) mass is 291 g/mol. The minimum Gasteiger partial charge on any atom is -0.360 e. The largest absolute Gasteiger partial charge is 0.360 e. The van der Waals surface area contributed by atoms with Gasteiger partial charge in [0, 0.05) is 24.8 Å². The van der Waals surface area contributed by atoms with Gasteiger partial charge in [-0.3, -0.25) is 4.79 Å². The molecule has 3 N–H and O–H groups in total. The molecule has 0 aliphatic rings. The summed E-state index contributed by atoms with van der Waals surface area (Å²) >= 11 is 0. The standard InChI is InChI=1S/C17H29N3O/c1-13(2)9-10-19-17(21)12-20(14(3)4)16-7-5-15(11-18)6-8-16/h5-8,13-14H,9-12,18H2,1-4H3,(H,19,21). The fourth-order valence-corrected chi connectivity index (χ4v) is 2.11. The lowest BCUT2D eigenvalue weighted by Gasteiger charge is -2.28. The summed E-state index contributed by atoms with van der Waals surface area (Å²) in [6.45, 7) is 10.2. The van der Waals surface area contributed by atoms with Gasteiger partial charge in [0.2, 0.25) is 5.91 Å². The lowest BCUT2D eigenvalue weighted by molar-refractivity contribution is -0.119. The summed E-state index contributed by atoms with van der Waals surface area (Å²) in [6, 6.07) is 8.36. The minimum absolute atomic E-state index is 0.0762. The molecule has 1 rings (SSSR count). The third-order valence-electron chi connectivity index (χ3n) is 3.48. The van der Waals surface area contributed by atoms with Crippen LogP contribution in [-0.2, 0) is 11.3 Å². The molecule has 21 heavy (non-hydrogen) atoms. The molecular weight excluding hydrogens is 262 g/mol. The molecule has 0 spiro atoms. The van der Waals surface area contributed by atoms with Crippen molar-refractivity contribution in [1.82, 2.24) is 5.32 Å². The Hall–Kier alpha value is -1.55. The highest BCUT2D eigenvalue weighted by Crippen LogP contribution is 2.17. The zero-order valence-corrected chi connectivity index (χ0v) is 13.7. The van der Waals surface area contributed by atoms with Crippen LogP contribution in [0.5, 0.6) is 0 Å². The first kappa shape index (κ1) is 17.5. The third-order valence-corrected chi connectivity index (χ3v) is 3.48. The van der Waals surface area contributed by atoms with Crippen molar-refractivity contribution in [3.63, 3.8) is 0 Å². The van der Waals surface area contributed by atoms with Crippen LogP contribution in [0.15, 0.2) is 24.3 Å². The normalized spacial score (nSPS) is 11.0. The van der Waals surface area contributed by atoms with Gasteiger partial charge in [-0.25, -0.2) is 0 Å². The molecule has 1 aromatic rings. The first-order chi connectivity index (χ1) is 9.93. The Balaban J connectivity index is 2.62. The smallest absolute Gasteiger partial charge is 0.239 e. The number of carbonyl (C=O) groups excluding carboxylic acids is 1. The molecule has 118 valence electrons. The lowest BCUT2D eigenvalue weighted by Crippen LogP contribution is -2.41. The van der Waals surface area contributed by atoms with Gasteiger partial charge in [-0.2, -0.15) is 0 Å². The molecule has 0 aliphatic heterocycles. The van der Waals surface area contributed by atoms with Gasteiger partial charge in [0.25, 0.3) is 0 Å². The van der Waals surface area contributed by atoms with E-state index in [-0.39, 0.29) is 11.9 Å². The number of nitrogens with one attached hydrogen (secondary N) is 1. The predicted octanol–water partition coefficient (Wildman–Crippen LogP) is 2.52. The highest BCUT2D eigenvalue weighted by Gasteiger charge is 2.14. The van der Waals surface area contributed by atoms with Gasteiger partial charge in [0.05, 0.1) is 6.54 Å². The number of carbonyl (C=O) groups is 1. The molecule has 0 saturated heterocycles. The molecule has 1 aromatic carbocycles. The number of hydrogen-bond donors (Lipinski definition) is 2. The molecule has 0 radical (unpaired) electrons. The second kappa shape index (κ2) is 8.67. The Morgan fingerprint density at radius 3 is 2.29 bits per heavy atom. The maximum absolute atomic E-state index is 12.1. The zero-order valence-electron chi connectivity index (χ0n) is 13.7. The quantitative estimate of drug-likeness (QED) is 0.774. The van der Waals surface area contributed by atoms with E-state index >= 15 is 0 Å². The number of hydrogen-bond acceptors (Lipinski definition) is 3. The van der Waals surface area contributed by atoms with Crippen LogP contribution in [0.3, 0.4) is 0 Å². The Morgan fingerprint density at radius 1 is 1.19 bits per heavy atom. The second-order valence-corrected chi connectivity index (χ2v) is 6.12. The van der Waals surface area contributed by atoms with E-state index in [9.17, 15) is 4.79 Å². The number of anilines is 1. The Bertz CT molecular complexity index is 426. The van der Waals surface area contributed by atoms with Crippen molar-refractivity contribution >= 4 is 11.6 Å². The van der Waals surface area contributed by atoms with E-state index in [4.69, 9.17) is 5.73 Å². The summed E-state index contributed by atoms with van der Waals surface area (Å²) in [6.07, 6.45) is 1.01. The van der Waals surface area contributed by atoms with Gasteiger partial charge in [0.1, 0.15) is 0 Å². The second-order valence-electron chi connectivity index (χ2n) is 6.12. The summed E-state index contributed by atoms with van der Waals surface area (Å²) in [7, 11) is 0. The summed E-state index contributed by atoms with van der Waals surface area (Å²) in [5.41, 5.74) is 7.78. The number of nitrogens with zero attached hydrogens (tertiary/aromatic N) is 1. The zero-order chi connectivity index (χ0) is 15.8. The van der Waals surface area contributed by atoms with Crippen LogP contribution < -0.4 is 16.0 Å². The van der Waals surface area contributed by atoms with E-state index in [1.165, 1.54) is 0 Å². The van der Waals surface area contributed by atoms with Crippen molar-refractivity contribution in [2.45, 2.75) is 46.7 Å². The van der Waals surface area contributed by atoms with Crippen LogP contribution in [0.25, 0.3) is 0 Å². The van der Waals surface area contributed by atoms with Crippen molar-refractivity contribution in [3.05, 3.63) is 29.8 Å². The molecule has 0 unspecified atom stereocenters. The first-order valence-electron chi connectivity index (χ1n) is 7.76. The molecule has 0 saturated carbocycles. The predicted molar refractivity (Wildman–Crippen MR) is 89.3 cm³/mol. The molecule has 4 heteroatoms. The fourth-order valence-electron chi connectivity index (χ4n) is 2.11. The summed E-state index contributed by atoms with van der Waals surface area (Å²) in [5.74, 6) is 0.683. The SMILES string of the molecule is CC(C)CCNC(=O)CN(c1ccc(CN)cc1)C(C)C. The molecule has 0 aromatic heterocycles. The van der Waals surface area contributed by atoms with E-state index in [2.05, 4.69) is 37.9 Å². The van der Waals surface area contributed by atoms with E-state index in [0.717, 1.165) is 24.2 Å². The Kier molecular flexibility index (Phi) is 7.23. The molecule has 0 fully saturated rings. The van der Waals surface area contributed by atoms with E-state index in [1.54, 1.807) is 0 Å². The summed E-state index contributed by atoms with van der Waals surface area (Å²) in [5, 5.41) is 2.99. The average Bonchev–Trinajstić information content (AvgIpc) is 2.44. The minimum atomic E-state index is 0.0762. The van der Waals surface area contributed by atoms with Crippen LogP contribution >= 0.6 is 0 Å². The first-order valence-corrected chi connectivity index (χ1v) is 7.76. The van der Waals surface area contributed by atoms with Crippen molar-refractivity contribution in [2.75, 3.05) is 18.0 Å². The number of nitrogens with two attached hydrogens (primary N) is 1. The van der Waals surface area contributed by atoms with Crippen LogP contribution in [-0.4, -0.2) is 25.0 Å². The van der Waals surface area contributed by atoms with Gasteiger partial charge >= 0.3 is 0 Å². The summed E-state index contributed by atoms with van der Waals surface area (Å²) < 4.78 is 0. The molecule has 1 amide bonds. The number of benzene rings is 1. The third kappa shape index (κ3) is 6.17. The molecule has 0 heterocycles. The van der Waals surface area contributed by atoms with Crippen LogP contribution in [0.4, 0.5) is 5.69 Å². The molecule has 0 bridgehead atoms. The number of rotatable bonds is 8. The highest BCUT2D eigenvalue weighted by molar-refractivity contribution is 5.81. The van der Waals surface area contributed by atoms with Crippen molar-refractivity contribution in [2.24, 2.45) is 11.7 Å². The molecule has 0 atom stereocenters. The van der Waals surface area contributed by atoms with Crippen LogP contribution in [0.1, 0.15) is 39.7 Å². The molecule has 0 aliphatic carbocycles. The maximum atomic E-state index is 12.1. The van der Waals surface area contributed by atoms with E-state index < -0.39 is 0 Å². The van der Waals surface area contributed by atoms with Gasteiger partial charge in [0.15, 0.2) is 0 Å². The molecular formula is C17H29N3O. The van der Waals surface area contributed by atoms with Gasteiger partial charge in [-0.05, 0) is 43.9 Å². The highest BCUT2D eigenvalue weighted by atomic mass is 16.2. The van der Waals surface area contributed by atoms with Crippen LogP contribution in [0.2, 0.25) is 0 Å². The fraction of sp³-hybridized carbons (Fsp3) is 0.588. The molecule has 4 nitrogen and oxygen atoms in total. The maximum Gasteiger partial charge on any atom is 0.239 e. The average molecular weight is 291 g/mol. The van der Waals surface area contributed by atoms with Gasteiger partial charge < -0.3 is 16.0 Å². The van der Waals surface area contributed by atoms with Crippen LogP contribution in [0, 0.1) is 5.92 Å². The van der Waals surface area contributed by atoms with Gasteiger partial charge in [-0.15, -0.1) is 0 Å². The van der Waals surface area contributed by atoms with E-state index in [0.29, 0.717) is 19.0 Å². The summed E-state index contributed by atoms with van der Waals surface area (Å²) in [4.78, 5) is 14.2. The number of amides is 1. The van der Waals surface area contributed by atoms with Crippen molar-refractivity contribution < 1.29 is 4.79 Å². The lowest BCUT2D eigenvalue weighted by atomic mass is 10.1. The topological polar surface area (TPSA) is 58.4 Å². The Morgan fingerprint density at radius 2 is 1.81 bits per heavy atom. The van der Waals surface area contributed by atoms with Crippen molar-refractivity contribution in [1.29, 1.82) is 0 Å². The van der Waals surface area contributed by atoms with Gasteiger partial charge in [-0.1, -0.05) is 26.0 Å². The van der Waals surface area contributed by atoms with E-state index in [1.807, 2.05) is 24.3 Å². The van der Waals surface area contributed by atoms with Crippen molar-refractivity contribution in [3.8, 4) is 0 Å².